The van der Waals surface area contributed by atoms with E-state index in [0.717, 1.165) is 50.9 Å². The molecule has 0 saturated carbocycles. The molecule has 8 N–H and O–H groups in total. The van der Waals surface area contributed by atoms with Crippen LogP contribution in [0, 0.1) is 21.2 Å². The Bertz CT molecular complexity index is 1250. The molecule has 0 unspecified atom stereocenters. The number of rotatable bonds is 42. The van der Waals surface area contributed by atoms with E-state index >= 15 is 0 Å². The van der Waals surface area contributed by atoms with Crippen molar-refractivity contribution in [2.24, 2.45) is 11.5 Å². The highest BCUT2D eigenvalue weighted by Gasteiger charge is 2.08. The van der Waals surface area contributed by atoms with Crippen LogP contribution in [0.25, 0.3) is 0 Å². The van der Waals surface area contributed by atoms with Crippen LogP contribution in [0.4, 0.5) is 10.5 Å². The highest BCUT2D eigenvalue weighted by Crippen LogP contribution is 2.17. The van der Waals surface area contributed by atoms with E-state index in [-0.39, 0.29) is 18.8 Å². The summed E-state index contributed by atoms with van der Waals surface area (Å²) in [5, 5.41) is 17.5. The molecule has 1 aromatic carbocycles. The molecule has 0 heterocycles. The Morgan fingerprint density at radius 2 is 0.924 bits per heavy atom. The molecule has 1 aromatic rings. The first kappa shape index (κ1) is 90.0. The highest BCUT2D eigenvalue weighted by atomic mass is 79.9. The van der Waals surface area contributed by atoms with Gasteiger partial charge in [0.2, 0.25) is 0 Å². The maximum Gasteiger partial charge on any atom is 0.412 e. The van der Waals surface area contributed by atoms with Crippen molar-refractivity contribution in [3.8, 4) is 5.75 Å². The van der Waals surface area contributed by atoms with Gasteiger partial charge in [0, 0.05) is 52.0 Å². The van der Waals surface area contributed by atoms with Crippen molar-refractivity contribution in [2.45, 2.75) is 249 Å². The number of nitrogens with two attached hydrogens (primary N) is 2. The van der Waals surface area contributed by atoms with E-state index in [1.54, 1.807) is 0 Å². The summed E-state index contributed by atoms with van der Waals surface area (Å²) in [6.45, 7) is 29.5. The maximum atomic E-state index is 11.7. The summed E-state index contributed by atoms with van der Waals surface area (Å²) < 4.78 is 9.71. The number of nitrogens with zero attached hydrogens (tertiary/aromatic N) is 4. The fourth-order valence-corrected chi connectivity index (χ4v) is 7.03. The van der Waals surface area contributed by atoms with E-state index in [9.17, 15) is 19.7 Å². The van der Waals surface area contributed by atoms with E-state index < -0.39 is 11.0 Å². The van der Waals surface area contributed by atoms with Crippen LogP contribution in [-0.2, 0) is 9.53 Å². The number of nitro benzene ring substituents is 1. The van der Waals surface area contributed by atoms with Crippen LogP contribution in [-0.4, -0.2) is 137 Å². The number of unbranched alkanes of at least 4 members (excludes halogenated alkanes) is 21. The number of ether oxygens (including phenoxy) is 2. The predicted molar refractivity (Wildman–Crippen MR) is 349 cm³/mol. The number of carbonyl (C=O) groups excluding carboxylic acids is 2. The fraction of sp³-hybridized carbons (Fsp3) is 0.871. The largest absolute Gasteiger partial charge is 0.466 e. The second-order valence-electron chi connectivity index (χ2n) is 20.1. The fourth-order valence-electron chi connectivity index (χ4n) is 7.03. The van der Waals surface area contributed by atoms with Gasteiger partial charge in [0.15, 0.2) is 0 Å². The van der Waals surface area contributed by atoms with E-state index in [1.165, 1.54) is 231 Å². The quantitative estimate of drug-likeness (QED) is 0.00897. The van der Waals surface area contributed by atoms with Gasteiger partial charge in [0.1, 0.15) is 5.75 Å². The normalized spacial score (nSPS) is 10.0. The lowest BCUT2D eigenvalue weighted by Gasteiger charge is -2.16. The number of alkyl halides is 1. The zero-order valence-corrected chi connectivity index (χ0v) is 55.7. The van der Waals surface area contributed by atoms with Crippen LogP contribution in [0.15, 0.2) is 24.3 Å². The molecule has 16 nitrogen and oxygen atoms in total. The Kier molecular flexibility index (Phi) is 95.7. The van der Waals surface area contributed by atoms with Crippen LogP contribution in [0.2, 0.25) is 0 Å². The van der Waals surface area contributed by atoms with Crippen LogP contribution in [0.3, 0.4) is 0 Å². The number of amides is 1. The molecule has 0 radical (unpaired) electrons. The Hall–Kier alpha value is -2.80. The molecule has 0 atom stereocenters. The minimum atomic E-state index is -0.555. The molecule has 0 aliphatic carbocycles. The summed E-state index contributed by atoms with van der Waals surface area (Å²) in [5.74, 6) is 0.0980. The first-order valence-corrected chi connectivity index (χ1v) is 32.5. The van der Waals surface area contributed by atoms with Crippen LogP contribution < -0.4 is 26.8 Å². The lowest BCUT2D eigenvalue weighted by Crippen LogP contribution is -2.35. The lowest BCUT2D eigenvalue weighted by molar-refractivity contribution is -0.384. The Labute approximate surface area is 499 Å². The zero-order chi connectivity index (χ0) is 61.3. The summed E-state index contributed by atoms with van der Waals surface area (Å²) in [4.78, 5) is 38.7. The standard InChI is InChI=1S/C17H27N3O4.C11H25N.C10H24N2.C8H19N.C7H17N.C6H12O2.C3H7Br.H2N2.H2/c1-3-4-5-6-7-13-19(2)14-12-18-17(21)24-16-10-8-15(9-11-16)20(22)23;1-4-6-7-8-9-11-12(3)10-5-2;1-3-4-5-6-7-9-12(2)10-8-11;1-3-4-5-6-7-8-9-2;1-2-3-4-5-6-7-8;1-3-4-5-8-6(2)7;1-2-3-4;1-2;/h8-11H,3-7,12-14H2,1-2H3,(H,18,21);4-11H2,1-3H3;3-11H2,1-2H3;9H,3-8H2,1-2H3;2-8H2,1H3;3-5H2,1-2H3;2-3H2,1H3;1-2H;1H. The maximum absolute atomic E-state index is 11.7. The molecular weight excluding hydrogens is 1060 g/mol. The van der Waals surface area contributed by atoms with Gasteiger partial charge >= 0.3 is 12.1 Å². The van der Waals surface area contributed by atoms with Gasteiger partial charge in [-0.15, -0.1) is 0 Å². The molecule has 476 valence electrons. The second-order valence-corrected chi connectivity index (χ2v) is 20.9. The summed E-state index contributed by atoms with van der Waals surface area (Å²) in [6, 6.07) is 5.41. The van der Waals surface area contributed by atoms with E-state index in [4.69, 9.17) is 27.3 Å². The van der Waals surface area contributed by atoms with Gasteiger partial charge in [-0.05, 0) is 131 Å². The topological polar surface area (TPSA) is 229 Å². The molecule has 1 amide bonds. The van der Waals surface area contributed by atoms with Crippen LogP contribution >= 0.6 is 15.9 Å². The number of carbonyl (C=O) groups is 2. The monoisotopic (exact) mass is 1190 g/mol. The van der Waals surface area contributed by atoms with E-state index in [1.807, 2.05) is 14.1 Å². The third-order valence-electron chi connectivity index (χ3n) is 11.9. The van der Waals surface area contributed by atoms with E-state index in [2.05, 4.69) is 115 Å². The van der Waals surface area contributed by atoms with Crippen LogP contribution in [0.1, 0.15) is 250 Å². The Morgan fingerprint density at radius 1 is 0.544 bits per heavy atom. The van der Waals surface area contributed by atoms with Crippen molar-refractivity contribution < 1.29 is 25.4 Å². The average Bonchev–Trinajstić information content (AvgIpc) is 3.44. The minimum Gasteiger partial charge on any atom is -0.466 e. The van der Waals surface area contributed by atoms with Crippen molar-refractivity contribution >= 4 is 33.7 Å². The third kappa shape index (κ3) is 94.8. The number of benzene rings is 1. The number of nitrogens with one attached hydrogen (secondary N) is 4. The molecule has 0 fully saturated rings. The van der Waals surface area contributed by atoms with Crippen molar-refractivity contribution in [1.29, 1.82) is 11.1 Å². The molecule has 0 aromatic heterocycles. The summed E-state index contributed by atoms with van der Waals surface area (Å²) in [5.41, 5.74) is 20.7. The molecule has 0 aliphatic rings. The number of nitro groups is 1. The number of hydrogen-bond donors (Lipinski definition) is 6. The van der Waals surface area contributed by atoms with Crippen molar-refractivity contribution in [2.75, 3.05) is 106 Å². The molecule has 0 aliphatic heterocycles. The SMILES string of the molecule is CCCBr.CCCCCCCN.CCCCCCCN(C)CCC.CCCCCCCN(C)CCN.CCCCCCCN(C)CCNC(=O)Oc1ccc([N+](=O)[O-])cc1.CCCCCCCNC.CCCCOC(C)=O.N=N.[HH]. The highest BCUT2D eigenvalue weighted by molar-refractivity contribution is 9.09. The van der Waals surface area contributed by atoms with E-state index in [0.29, 0.717) is 13.2 Å². The summed E-state index contributed by atoms with van der Waals surface area (Å²) >= 11 is 3.25. The van der Waals surface area contributed by atoms with Gasteiger partial charge in [-0.1, -0.05) is 206 Å². The molecule has 0 bridgehead atoms. The average molecular weight is 1200 g/mol. The third-order valence-corrected chi connectivity index (χ3v) is 12.7. The molecule has 1 rings (SSSR count). The Balaban J connectivity index is -0.000000133. The molecular formula is C62H135BrN10O6. The first-order chi connectivity index (χ1) is 38.2. The number of likely N-dealkylation sites (N-methyl/N-ethyl adjacent to an activating group) is 2. The summed E-state index contributed by atoms with van der Waals surface area (Å²) in [6.07, 6.45) is 37.6. The van der Waals surface area contributed by atoms with Crippen molar-refractivity contribution in [1.82, 2.24) is 25.3 Å². The van der Waals surface area contributed by atoms with Gasteiger partial charge in [-0.3, -0.25) is 14.9 Å². The molecule has 0 spiro atoms. The van der Waals surface area contributed by atoms with Crippen LogP contribution in [0.5, 0.6) is 5.75 Å². The van der Waals surface area contributed by atoms with Gasteiger partial charge < -0.3 is 46.3 Å². The minimum absolute atomic E-state index is 0. The van der Waals surface area contributed by atoms with Gasteiger partial charge in [-0.2, -0.15) is 0 Å². The van der Waals surface area contributed by atoms with Gasteiger partial charge in [-0.25, -0.2) is 15.9 Å². The van der Waals surface area contributed by atoms with Crippen molar-refractivity contribution in [3.05, 3.63) is 34.4 Å². The number of halogens is 1. The Morgan fingerprint density at radius 3 is 1.27 bits per heavy atom. The van der Waals surface area contributed by atoms with Gasteiger partial charge in [0.25, 0.3) is 5.69 Å². The first-order valence-electron chi connectivity index (χ1n) is 31.4. The molecule has 0 saturated heterocycles. The van der Waals surface area contributed by atoms with Gasteiger partial charge in [0.05, 0.1) is 11.5 Å². The lowest BCUT2D eigenvalue weighted by atomic mass is 10.1. The van der Waals surface area contributed by atoms with Crippen molar-refractivity contribution in [3.63, 3.8) is 0 Å². The number of non-ortho nitro benzene ring substituents is 1. The number of hydrogen-bond acceptors (Lipinski definition) is 14. The summed E-state index contributed by atoms with van der Waals surface area (Å²) in [7, 11) is 8.42. The molecule has 79 heavy (non-hydrogen) atoms. The molecule has 17 heteroatoms. The number of esters is 1. The zero-order valence-electron chi connectivity index (χ0n) is 54.1. The smallest absolute Gasteiger partial charge is 0.412 e. The predicted octanol–water partition coefficient (Wildman–Crippen LogP) is 16.8. The second kappa shape index (κ2) is 84.0.